The van der Waals surface area contributed by atoms with Crippen molar-refractivity contribution < 1.29 is 32.2 Å². The second kappa shape index (κ2) is 13.0. The van der Waals surface area contributed by atoms with E-state index in [4.69, 9.17) is 30.5 Å². The summed E-state index contributed by atoms with van der Waals surface area (Å²) >= 11 is 5.94. The van der Waals surface area contributed by atoms with Gasteiger partial charge in [-0.1, -0.05) is 23.7 Å². The average molecular weight is 562 g/mol. The van der Waals surface area contributed by atoms with E-state index in [0.29, 0.717) is 40.2 Å². The van der Waals surface area contributed by atoms with Crippen molar-refractivity contribution in [1.29, 1.82) is 0 Å². The van der Waals surface area contributed by atoms with Crippen molar-refractivity contribution in [3.8, 4) is 23.0 Å². The summed E-state index contributed by atoms with van der Waals surface area (Å²) in [5.74, 6) is 0.853. The fraction of sp³-hybridized carbons (Fsp3) is 0.231. The number of rotatable bonds is 12. The molecular formula is C26H28ClN3O7S. The summed E-state index contributed by atoms with van der Waals surface area (Å²) in [6.07, 6.45) is 1.37. The largest absolute Gasteiger partial charge is 0.493 e. The molecule has 0 aliphatic heterocycles. The van der Waals surface area contributed by atoms with Gasteiger partial charge in [0.1, 0.15) is 12.3 Å². The summed E-state index contributed by atoms with van der Waals surface area (Å²) in [6, 6.07) is 15.5. The van der Waals surface area contributed by atoms with Crippen LogP contribution in [0.25, 0.3) is 0 Å². The number of para-hydroxylation sites is 2. The maximum atomic E-state index is 13.6. The highest BCUT2D eigenvalue weighted by molar-refractivity contribution is 7.92. The van der Waals surface area contributed by atoms with E-state index in [0.717, 1.165) is 4.31 Å². The van der Waals surface area contributed by atoms with Crippen LogP contribution in [0.4, 0.5) is 5.69 Å². The van der Waals surface area contributed by atoms with E-state index in [1.807, 2.05) is 0 Å². The molecule has 3 rings (SSSR count). The first kappa shape index (κ1) is 28.6. The number of sulfonamides is 1. The van der Waals surface area contributed by atoms with Crippen LogP contribution in [0.5, 0.6) is 23.0 Å². The summed E-state index contributed by atoms with van der Waals surface area (Å²) in [7, 11) is 0.277. The van der Waals surface area contributed by atoms with Gasteiger partial charge < -0.3 is 18.9 Å². The number of carbonyl (C=O) groups is 1. The zero-order chi connectivity index (χ0) is 27.7. The minimum absolute atomic E-state index is 0.0399. The van der Waals surface area contributed by atoms with Gasteiger partial charge in [-0.15, -0.1) is 0 Å². The van der Waals surface area contributed by atoms with Gasteiger partial charge in [-0.25, -0.2) is 13.8 Å². The highest BCUT2D eigenvalue weighted by Gasteiger charge is 2.29. The minimum Gasteiger partial charge on any atom is -0.493 e. The third-order valence-electron chi connectivity index (χ3n) is 5.21. The van der Waals surface area contributed by atoms with Crippen molar-refractivity contribution >= 4 is 39.4 Å². The average Bonchev–Trinajstić information content (AvgIpc) is 2.92. The summed E-state index contributed by atoms with van der Waals surface area (Å²) < 4.78 is 49.7. The van der Waals surface area contributed by atoms with Gasteiger partial charge in [-0.2, -0.15) is 5.10 Å². The van der Waals surface area contributed by atoms with Crippen LogP contribution in [0.15, 0.2) is 70.7 Å². The Morgan fingerprint density at radius 2 is 1.61 bits per heavy atom. The van der Waals surface area contributed by atoms with E-state index in [-0.39, 0.29) is 10.6 Å². The van der Waals surface area contributed by atoms with E-state index in [1.54, 1.807) is 43.3 Å². The topological polar surface area (TPSA) is 116 Å². The number of hydrogen-bond acceptors (Lipinski definition) is 8. The van der Waals surface area contributed by atoms with Crippen LogP contribution in [-0.2, 0) is 14.8 Å². The number of hydrazone groups is 1. The van der Waals surface area contributed by atoms with Gasteiger partial charge in [0.15, 0.2) is 11.5 Å². The molecule has 3 aromatic carbocycles. The zero-order valence-corrected chi connectivity index (χ0v) is 22.9. The molecule has 0 aliphatic carbocycles. The van der Waals surface area contributed by atoms with Gasteiger partial charge in [0.25, 0.3) is 15.9 Å². The molecule has 3 aromatic rings. The molecule has 0 saturated carbocycles. The molecule has 0 spiro atoms. The lowest BCUT2D eigenvalue weighted by atomic mass is 10.2. The Hall–Kier alpha value is -3.96. The molecule has 0 heterocycles. The van der Waals surface area contributed by atoms with Crippen molar-refractivity contribution in [1.82, 2.24) is 5.43 Å². The molecule has 0 radical (unpaired) electrons. The van der Waals surface area contributed by atoms with Crippen LogP contribution >= 0.6 is 11.6 Å². The Labute approximate surface area is 226 Å². The second-order valence-corrected chi connectivity index (χ2v) is 9.92. The van der Waals surface area contributed by atoms with Crippen LogP contribution in [0.3, 0.4) is 0 Å². The normalized spacial score (nSPS) is 11.2. The molecule has 202 valence electrons. The number of benzene rings is 3. The number of halogens is 1. The van der Waals surface area contributed by atoms with Crippen molar-refractivity contribution in [3.63, 3.8) is 0 Å². The quantitative estimate of drug-likeness (QED) is 0.261. The summed E-state index contributed by atoms with van der Waals surface area (Å²) in [4.78, 5) is 12.9. The molecule has 0 aromatic heterocycles. The number of anilines is 1. The first-order valence-electron chi connectivity index (χ1n) is 11.4. The highest BCUT2D eigenvalue weighted by Crippen LogP contribution is 2.38. The fourth-order valence-electron chi connectivity index (χ4n) is 3.49. The van der Waals surface area contributed by atoms with Crippen LogP contribution in [0.2, 0.25) is 5.02 Å². The standard InChI is InChI=1S/C26H28ClN3O7S/c1-5-37-22-9-7-6-8-21(22)30(38(32,33)20-12-10-19(27)11-13-20)17-25(31)29-28-16-18-14-23(34-2)26(36-4)24(15-18)35-3/h6-16H,5,17H2,1-4H3,(H,29,31)/b28-16-. The summed E-state index contributed by atoms with van der Waals surface area (Å²) in [5, 5.41) is 4.35. The Balaban J connectivity index is 1.90. The smallest absolute Gasteiger partial charge is 0.264 e. The Bertz CT molecular complexity index is 1370. The first-order valence-corrected chi connectivity index (χ1v) is 13.2. The van der Waals surface area contributed by atoms with Crippen molar-refractivity contribution in [3.05, 3.63) is 71.2 Å². The van der Waals surface area contributed by atoms with E-state index in [2.05, 4.69) is 10.5 Å². The second-order valence-electron chi connectivity index (χ2n) is 7.62. The van der Waals surface area contributed by atoms with Crippen LogP contribution < -0.4 is 28.7 Å². The fourth-order valence-corrected chi connectivity index (χ4v) is 5.05. The molecule has 0 aliphatic rings. The molecule has 0 unspecified atom stereocenters. The summed E-state index contributed by atoms with van der Waals surface area (Å²) in [6.45, 7) is 1.51. The van der Waals surface area contributed by atoms with Crippen molar-refractivity contribution in [2.24, 2.45) is 5.10 Å². The zero-order valence-electron chi connectivity index (χ0n) is 21.3. The van der Waals surface area contributed by atoms with E-state index >= 15 is 0 Å². The minimum atomic E-state index is -4.17. The number of methoxy groups -OCH3 is 3. The van der Waals surface area contributed by atoms with Crippen LogP contribution in [0.1, 0.15) is 12.5 Å². The molecular weight excluding hydrogens is 534 g/mol. The van der Waals surface area contributed by atoms with E-state index < -0.39 is 22.5 Å². The van der Waals surface area contributed by atoms with E-state index in [9.17, 15) is 13.2 Å². The predicted molar refractivity (Wildman–Crippen MR) is 145 cm³/mol. The van der Waals surface area contributed by atoms with Gasteiger partial charge in [-0.05, 0) is 55.5 Å². The molecule has 38 heavy (non-hydrogen) atoms. The van der Waals surface area contributed by atoms with Gasteiger partial charge in [-0.3, -0.25) is 9.10 Å². The third kappa shape index (κ3) is 6.67. The lowest BCUT2D eigenvalue weighted by molar-refractivity contribution is -0.119. The van der Waals surface area contributed by atoms with Crippen LogP contribution in [-0.4, -0.2) is 55.0 Å². The molecule has 0 bridgehead atoms. The lowest BCUT2D eigenvalue weighted by Gasteiger charge is -2.25. The van der Waals surface area contributed by atoms with Gasteiger partial charge >= 0.3 is 0 Å². The van der Waals surface area contributed by atoms with Gasteiger partial charge in [0.05, 0.1) is 44.7 Å². The van der Waals surface area contributed by atoms with Gasteiger partial charge in [0.2, 0.25) is 5.75 Å². The van der Waals surface area contributed by atoms with Crippen LogP contribution in [0, 0.1) is 0 Å². The first-order chi connectivity index (χ1) is 18.2. The Morgan fingerprint density at radius 3 is 2.18 bits per heavy atom. The number of amides is 1. The predicted octanol–water partition coefficient (Wildman–Crippen LogP) is 4.11. The number of hydrogen-bond donors (Lipinski definition) is 1. The number of carbonyl (C=O) groups excluding carboxylic acids is 1. The molecule has 1 amide bonds. The maximum Gasteiger partial charge on any atom is 0.264 e. The Kier molecular flexibility index (Phi) is 9.80. The van der Waals surface area contributed by atoms with Gasteiger partial charge in [0, 0.05) is 10.6 Å². The maximum absolute atomic E-state index is 13.6. The molecule has 0 saturated heterocycles. The summed E-state index contributed by atoms with van der Waals surface area (Å²) in [5.41, 5.74) is 3.12. The lowest BCUT2D eigenvalue weighted by Crippen LogP contribution is -2.39. The molecule has 0 fully saturated rings. The van der Waals surface area contributed by atoms with Crippen molar-refractivity contribution in [2.45, 2.75) is 11.8 Å². The Morgan fingerprint density at radius 1 is 0.974 bits per heavy atom. The molecule has 10 nitrogen and oxygen atoms in total. The molecule has 1 N–H and O–H groups in total. The monoisotopic (exact) mass is 561 g/mol. The number of nitrogens with zero attached hydrogens (tertiary/aromatic N) is 2. The molecule has 12 heteroatoms. The third-order valence-corrected chi connectivity index (χ3v) is 7.24. The SMILES string of the molecule is CCOc1ccccc1N(CC(=O)N/N=C\c1cc(OC)c(OC)c(OC)c1)S(=O)(=O)c1ccc(Cl)cc1. The highest BCUT2D eigenvalue weighted by atomic mass is 35.5. The number of ether oxygens (including phenoxy) is 4. The van der Waals surface area contributed by atoms with Crippen molar-refractivity contribution in [2.75, 3.05) is 38.8 Å². The molecule has 0 atom stereocenters. The van der Waals surface area contributed by atoms with E-state index in [1.165, 1.54) is 51.8 Å². The number of nitrogens with one attached hydrogen (secondary N) is 1.